The van der Waals surface area contributed by atoms with Gasteiger partial charge in [0.1, 0.15) is 0 Å². The summed E-state index contributed by atoms with van der Waals surface area (Å²) in [6, 6.07) is 17.1. The second kappa shape index (κ2) is 8.72. The molecule has 1 saturated carbocycles. The van der Waals surface area contributed by atoms with Gasteiger partial charge in [0.05, 0.1) is 0 Å². The van der Waals surface area contributed by atoms with Gasteiger partial charge in [0, 0.05) is 22.6 Å². The van der Waals surface area contributed by atoms with Crippen molar-refractivity contribution in [1.29, 1.82) is 0 Å². The number of carbonyl (C=O) groups is 2. The van der Waals surface area contributed by atoms with Crippen molar-refractivity contribution in [3.8, 4) is 0 Å². The molecule has 1 amide bonds. The van der Waals surface area contributed by atoms with Crippen LogP contribution in [0.3, 0.4) is 0 Å². The number of hydrogen-bond donors (Lipinski definition) is 1. The molecule has 0 saturated heterocycles. The van der Waals surface area contributed by atoms with Gasteiger partial charge in [0.15, 0.2) is 0 Å². The highest BCUT2D eigenvalue weighted by molar-refractivity contribution is 7.98. The van der Waals surface area contributed by atoms with E-state index in [0.717, 1.165) is 23.3 Å². The van der Waals surface area contributed by atoms with Gasteiger partial charge in [-0.25, -0.2) is 4.79 Å². The maximum absolute atomic E-state index is 12.5. The van der Waals surface area contributed by atoms with Gasteiger partial charge >= 0.3 is 5.97 Å². The van der Waals surface area contributed by atoms with Gasteiger partial charge in [0.2, 0.25) is 6.10 Å². The first-order valence-corrected chi connectivity index (χ1v) is 9.76. The van der Waals surface area contributed by atoms with E-state index in [1.54, 1.807) is 30.0 Å². The van der Waals surface area contributed by atoms with E-state index in [-0.39, 0.29) is 11.9 Å². The van der Waals surface area contributed by atoms with E-state index in [2.05, 4.69) is 5.32 Å². The minimum absolute atomic E-state index is 0.206. The van der Waals surface area contributed by atoms with Gasteiger partial charge in [-0.1, -0.05) is 42.5 Å². The molecule has 0 heterocycles. The Morgan fingerprint density at radius 1 is 1.12 bits per heavy atom. The van der Waals surface area contributed by atoms with Crippen molar-refractivity contribution in [2.45, 2.75) is 29.9 Å². The number of thioether (sulfide) groups is 1. The Morgan fingerprint density at radius 3 is 2.42 bits per heavy atom. The van der Waals surface area contributed by atoms with Gasteiger partial charge < -0.3 is 10.1 Å². The standard InChI is InChI=1S/C21H21NO3S/c1-26-18-12-7-15(8-13-18)9-14-19(23)25-20(16-5-3-2-4-6-16)21(24)22-17-10-11-17/h2-9,12-14,17,20H,10-11H2,1H3,(H,22,24)/b14-9+/t20-/m0/s1. The predicted molar refractivity (Wildman–Crippen MR) is 104 cm³/mol. The summed E-state index contributed by atoms with van der Waals surface area (Å²) in [5.41, 5.74) is 1.56. The Bertz CT molecular complexity index is 783. The van der Waals surface area contributed by atoms with Crippen LogP contribution in [0.25, 0.3) is 6.08 Å². The monoisotopic (exact) mass is 367 g/mol. The average Bonchev–Trinajstić information content (AvgIpc) is 3.49. The summed E-state index contributed by atoms with van der Waals surface area (Å²) in [5.74, 6) is -0.816. The number of ether oxygens (including phenoxy) is 1. The Hall–Kier alpha value is -2.53. The van der Waals surface area contributed by atoms with Gasteiger partial charge in [0.25, 0.3) is 5.91 Å². The third kappa shape index (κ3) is 5.23. The van der Waals surface area contributed by atoms with Gasteiger partial charge in [-0.2, -0.15) is 0 Å². The largest absolute Gasteiger partial charge is 0.444 e. The third-order valence-corrected chi connectivity index (χ3v) is 4.77. The first kappa shape index (κ1) is 18.3. The molecule has 1 aliphatic rings. The van der Waals surface area contributed by atoms with Gasteiger partial charge in [-0.3, -0.25) is 4.79 Å². The highest BCUT2D eigenvalue weighted by atomic mass is 32.2. The van der Waals surface area contributed by atoms with E-state index in [4.69, 9.17) is 4.74 Å². The molecule has 0 radical (unpaired) electrons. The maximum Gasteiger partial charge on any atom is 0.331 e. The van der Waals surface area contributed by atoms with E-state index in [1.165, 1.54) is 6.08 Å². The Morgan fingerprint density at radius 2 is 1.81 bits per heavy atom. The van der Waals surface area contributed by atoms with Crippen molar-refractivity contribution in [3.05, 3.63) is 71.8 Å². The summed E-state index contributed by atoms with van der Waals surface area (Å²) in [5, 5.41) is 2.90. The van der Waals surface area contributed by atoms with Crippen molar-refractivity contribution in [2.24, 2.45) is 0 Å². The van der Waals surface area contributed by atoms with Gasteiger partial charge in [-0.05, 0) is 42.9 Å². The molecule has 4 nitrogen and oxygen atoms in total. The van der Waals surface area contributed by atoms with Crippen LogP contribution < -0.4 is 5.32 Å². The van der Waals surface area contributed by atoms with Crippen molar-refractivity contribution in [2.75, 3.05) is 6.26 Å². The zero-order valence-electron chi connectivity index (χ0n) is 14.6. The van der Waals surface area contributed by atoms with Crippen LogP contribution in [0, 0.1) is 0 Å². The van der Waals surface area contributed by atoms with Crippen molar-refractivity contribution >= 4 is 29.7 Å². The minimum atomic E-state index is -0.937. The number of rotatable bonds is 7. The minimum Gasteiger partial charge on any atom is -0.444 e. The number of esters is 1. The molecular formula is C21H21NO3S. The van der Waals surface area contributed by atoms with Crippen LogP contribution in [0.1, 0.15) is 30.1 Å². The quantitative estimate of drug-likeness (QED) is 0.457. The van der Waals surface area contributed by atoms with E-state index in [0.29, 0.717) is 5.56 Å². The Kier molecular flexibility index (Phi) is 6.12. The second-order valence-electron chi connectivity index (χ2n) is 6.12. The fraction of sp³-hybridized carbons (Fsp3) is 0.238. The molecule has 0 spiro atoms. The fourth-order valence-electron chi connectivity index (χ4n) is 2.44. The molecule has 0 bridgehead atoms. The Balaban J connectivity index is 1.67. The molecule has 2 aromatic rings. The van der Waals surface area contributed by atoms with Crippen LogP contribution >= 0.6 is 11.8 Å². The molecule has 0 unspecified atom stereocenters. The summed E-state index contributed by atoms with van der Waals surface area (Å²) in [6.07, 6.45) is 6.08. The predicted octanol–water partition coefficient (Wildman–Crippen LogP) is 3.98. The maximum atomic E-state index is 12.5. The summed E-state index contributed by atoms with van der Waals surface area (Å²) < 4.78 is 5.45. The topological polar surface area (TPSA) is 55.4 Å². The molecule has 26 heavy (non-hydrogen) atoms. The van der Waals surface area contributed by atoms with Crippen LogP contribution in [-0.2, 0) is 14.3 Å². The molecule has 1 aliphatic carbocycles. The molecule has 0 aliphatic heterocycles. The first-order chi connectivity index (χ1) is 12.7. The normalized spacial score (nSPS) is 14.8. The van der Waals surface area contributed by atoms with Gasteiger partial charge in [-0.15, -0.1) is 11.8 Å². The van der Waals surface area contributed by atoms with Crippen LogP contribution in [0.5, 0.6) is 0 Å². The fourth-order valence-corrected chi connectivity index (χ4v) is 2.85. The SMILES string of the molecule is CSc1ccc(/C=C/C(=O)O[C@H](C(=O)NC2CC2)c2ccccc2)cc1. The summed E-state index contributed by atoms with van der Waals surface area (Å²) in [6.45, 7) is 0. The lowest BCUT2D eigenvalue weighted by molar-refractivity contribution is -0.151. The van der Waals surface area contributed by atoms with Crippen molar-refractivity contribution in [3.63, 3.8) is 0 Å². The lowest BCUT2D eigenvalue weighted by Gasteiger charge is -2.17. The highest BCUT2D eigenvalue weighted by Crippen LogP contribution is 2.23. The van der Waals surface area contributed by atoms with Crippen LogP contribution in [-0.4, -0.2) is 24.2 Å². The third-order valence-electron chi connectivity index (χ3n) is 4.03. The molecule has 1 fully saturated rings. The molecule has 0 aromatic heterocycles. The first-order valence-electron chi connectivity index (χ1n) is 8.54. The lowest BCUT2D eigenvalue weighted by Crippen LogP contribution is -2.33. The number of nitrogens with one attached hydrogen (secondary N) is 1. The van der Waals surface area contributed by atoms with Crippen LogP contribution in [0.2, 0.25) is 0 Å². The van der Waals surface area contributed by atoms with E-state index in [1.807, 2.05) is 48.7 Å². The summed E-state index contributed by atoms with van der Waals surface area (Å²) in [4.78, 5) is 25.9. The molecule has 3 rings (SSSR count). The molecule has 2 aromatic carbocycles. The van der Waals surface area contributed by atoms with E-state index in [9.17, 15) is 9.59 Å². The zero-order valence-corrected chi connectivity index (χ0v) is 15.4. The van der Waals surface area contributed by atoms with Crippen LogP contribution in [0.15, 0.2) is 65.6 Å². The highest BCUT2D eigenvalue weighted by Gasteiger charge is 2.30. The number of benzene rings is 2. The molecule has 134 valence electrons. The average molecular weight is 367 g/mol. The summed E-state index contributed by atoms with van der Waals surface area (Å²) >= 11 is 1.66. The second-order valence-corrected chi connectivity index (χ2v) is 7.00. The summed E-state index contributed by atoms with van der Waals surface area (Å²) in [7, 11) is 0. The Labute approximate surface area is 157 Å². The molecular weight excluding hydrogens is 346 g/mol. The molecule has 1 atom stereocenters. The number of hydrogen-bond acceptors (Lipinski definition) is 4. The van der Waals surface area contributed by atoms with Crippen molar-refractivity contribution in [1.82, 2.24) is 5.32 Å². The molecule has 5 heteroatoms. The smallest absolute Gasteiger partial charge is 0.331 e. The van der Waals surface area contributed by atoms with E-state index < -0.39 is 12.1 Å². The number of carbonyl (C=O) groups excluding carboxylic acids is 2. The number of amides is 1. The van der Waals surface area contributed by atoms with Crippen molar-refractivity contribution < 1.29 is 14.3 Å². The van der Waals surface area contributed by atoms with E-state index >= 15 is 0 Å². The zero-order chi connectivity index (χ0) is 18.4. The lowest BCUT2D eigenvalue weighted by atomic mass is 10.1. The molecule has 1 N–H and O–H groups in total. The van der Waals surface area contributed by atoms with Crippen LogP contribution in [0.4, 0.5) is 0 Å².